The number of allylic oxidation sites excluding steroid dienone is 2. The molecule has 0 aliphatic carbocycles. The third kappa shape index (κ3) is 4.09. The van der Waals surface area contributed by atoms with Gasteiger partial charge in [0.15, 0.2) is 5.82 Å². The molecule has 0 amide bonds. The number of halogens is 3. The van der Waals surface area contributed by atoms with Crippen molar-refractivity contribution in [1.29, 1.82) is 0 Å². The Kier molecular flexibility index (Phi) is 6.45. The van der Waals surface area contributed by atoms with Crippen molar-refractivity contribution in [1.82, 2.24) is 9.55 Å². The van der Waals surface area contributed by atoms with Crippen molar-refractivity contribution in [3.63, 3.8) is 0 Å². The summed E-state index contributed by atoms with van der Waals surface area (Å²) in [6, 6.07) is 8.04. The Hall–Kier alpha value is -2.57. The topological polar surface area (TPSA) is 65.4 Å². The highest BCUT2D eigenvalue weighted by molar-refractivity contribution is 6.32. The lowest BCUT2D eigenvalue weighted by Crippen LogP contribution is -2.12. The molecule has 0 bridgehead atoms. The molecule has 29 heavy (non-hydrogen) atoms. The molecule has 0 fully saturated rings. The predicted octanol–water partition coefficient (Wildman–Crippen LogP) is 5.86. The molecule has 1 heterocycles. The molecule has 1 aromatic heterocycles. The zero-order valence-electron chi connectivity index (χ0n) is 16.3. The largest absolute Gasteiger partial charge is 0.497 e. The summed E-state index contributed by atoms with van der Waals surface area (Å²) in [7, 11) is 1.58. The van der Waals surface area contributed by atoms with Crippen molar-refractivity contribution in [3.05, 3.63) is 63.8 Å². The van der Waals surface area contributed by atoms with E-state index in [2.05, 4.69) is 9.98 Å². The minimum atomic E-state index is -0.441. The van der Waals surface area contributed by atoms with Crippen molar-refractivity contribution in [3.8, 4) is 5.75 Å². The molecule has 8 heteroatoms. The van der Waals surface area contributed by atoms with Crippen molar-refractivity contribution in [2.24, 2.45) is 10.7 Å². The normalized spacial score (nSPS) is 13.7. The van der Waals surface area contributed by atoms with Gasteiger partial charge < -0.3 is 15.0 Å². The second kappa shape index (κ2) is 8.84. The van der Waals surface area contributed by atoms with Gasteiger partial charge in [-0.3, -0.25) is 0 Å². The van der Waals surface area contributed by atoms with E-state index in [0.29, 0.717) is 38.9 Å². The highest BCUT2D eigenvalue weighted by Crippen LogP contribution is 2.40. The van der Waals surface area contributed by atoms with Gasteiger partial charge in [0.05, 0.1) is 36.4 Å². The molecule has 1 atom stereocenters. The Morgan fingerprint density at radius 3 is 2.72 bits per heavy atom. The van der Waals surface area contributed by atoms with E-state index in [1.807, 2.05) is 26.0 Å². The van der Waals surface area contributed by atoms with Gasteiger partial charge in [-0.05, 0) is 43.7 Å². The molecule has 3 aromatic rings. The van der Waals surface area contributed by atoms with Crippen LogP contribution in [0.4, 0.5) is 4.39 Å². The van der Waals surface area contributed by atoms with Crippen LogP contribution in [0.3, 0.4) is 0 Å². The average Bonchev–Trinajstić information content (AvgIpc) is 3.10. The summed E-state index contributed by atoms with van der Waals surface area (Å²) in [5.41, 5.74) is 8.64. The minimum Gasteiger partial charge on any atom is -0.497 e. The van der Waals surface area contributed by atoms with Crippen LogP contribution in [0.2, 0.25) is 10.0 Å². The van der Waals surface area contributed by atoms with Crippen LogP contribution in [0.1, 0.15) is 31.9 Å². The first-order valence-electron chi connectivity index (χ1n) is 9.01. The first kappa shape index (κ1) is 21.1. The smallest absolute Gasteiger partial charge is 0.150 e. The Morgan fingerprint density at radius 1 is 1.34 bits per heavy atom. The van der Waals surface area contributed by atoms with Crippen LogP contribution in [0, 0.1) is 5.82 Å². The third-order valence-corrected chi connectivity index (χ3v) is 5.30. The summed E-state index contributed by atoms with van der Waals surface area (Å²) in [6.45, 7) is 3.84. The fourth-order valence-electron chi connectivity index (χ4n) is 3.50. The molecule has 2 N–H and O–H groups in total. The number of ether oxygens (including phenoxy) is 1. The van der Waals surface area contributed by atoms with Gasteiger partial charge >= 0.3 is 0 Å². The average molecular weight is 435 g/mol. The van der Waals surface area contributed by atoms with E-state index < -0.39 is 5.82 Å². The SMILES string of the molecule is CCC(/C(=C(C)\N=C/N)c1ccc(OC)cc1Cl)n1cnc2cc(Cl)cc(F)c21. The first-order chi connectivity index (χ1) is 13.9. The van der Waals surface area contributed by atoms with Gasteiger partial charge in [0.1, 0.15) is 11.3 Å². The zero-order valence-corrected chi connectivity index (χ0v) is 17.8. The monoisotopic (exact) mass is 434 g/mol. The molecule has 152 valence electrons. The zero-order chi connectivity index (χ0) is 21.1. The van der Waals surface area contributed by atoms with Crippen LogP contribution in [-0.2, 0) is 0 Å². The molecule has 0 saturated heterocycles. The molecule has 2 aromatic carbocycles. The summed E-state index contributed by atoms with van der Waals surface area (Å²) in [6.07, 6.45) is 3.48. The summed E-state index contributed by atoms with van der Waals surface area (Å²) in [5, 5.41) is 0.795. The van der Waals surface area contributed by atoms with E-state index in [-0.39, 0.29) is 6.04 Å². The molecular weight excluding hydrogens is 414 g/mol. The van der Waals surface area contributed by atoms with Gasteiger partial charge in [0, 0.05) is 21.9 Å². The van der Waals surface area contributed by atoms with E-state index in [1.165, 1.54) is 12.4 Å². The highest BCUT2D eigenvalue weighted by Gasteiger charge is 2.24. The number of methoxy groups -OCH3 is 1. The van der Waals surface area contributed by atoms with E-state index in [1.54, 1.807) is 30.1 Å². The number of aromatic nitrogens is 2. The fourth-order valence-corrected chi connectivity index (χ4v) is 3.97. The quantitative estimate of drug-likeness (QED) is 0.390. The summed E-state index contributed by atoms with van der Waals surface area (Å²) in [5.74, 6) is 0.198. The number of benzene rings is 2. The summed E-state index contributed by atoms with van der Waals surface area (Å²) in [4.78, 5) is 8.61. The second-order valence-corrected chi connectivity index (χ2v) is 7.30. The maximum absolute atomic E-state index is 14.8. The fraction of sp³-hybridized carbons (Fsp3) is 0.238. The maximum Gasteiger partial charge on any atom is 0.150 e. The lowest BCUT2D eigenvalue weighted by Gasteiger charge is -2.24. The first-order valence-corrected chi connectivity index (χ1v) is 9.77. The van der Waals surface area contributed by atoms with Gasteiger partial charge in [0.25, 0.3) is 0 Å². The molecule has 0 aliphatic heterocycles. The summed E-state index contributed by atoms with van der Waals surface area (Å²) < 4.78 is 21.8. The van der Waals surface area contributed by atoms with Crippen molar-refractivity contribution < 1.29 is 9.13 Å². The standard InChI is InChI=1S/C21H21Cl2FN4O/c1-4-19(28-11-27-18-8-13(22)7-17(24)21(18)28)20(12(2)26-10-25)15-6-5-14(29-3)9-16(15)23/h5-11,19H,4H2,1-3H3,(H2,25,26)/b20-12-. The molecule has 1 unspecified atom stereocenters. The van der Waals surface area contributed by atoms with E-state index in [9.17, 15) is 4.39 Å². The van der Waals surface area contributed by atoms with Gasteiger partial charge in [-0.15, -0.1) is 0 Å². The number of fused-ring (bicyclic) bond motifs is 1. The number of nitrogens with two attached hydrogens (primary N) is 1. The van der Waals surface area contributed by atoms with Crippen molar-refractivity contribution in [2.45, 2.75) is 26.3 Å². The van der Waals surface area contributed by atoms with Crippen LogP contribution < -0.4 is 10.5 Å². The predicted molar refractivity (Wildman–Crippen MR) is 117 cm³/mol. The van der Waals surface area contributed by atoms with Crippen molar-refractivity contribution in [2.75, 3.05) is 7.11 Å². The molecule has 0 radical (unpaired) electrons. The molecule has 0 saturated carbocycles. The number of aliphatic imine (C=N–C) groups is 1. The third-order valence-electron chi connectivity index (χ3n) is 4.77. The van der Waals surface area contributed by atoms with E-state index >= 15 is 0 Å². The Bertz CT molecular complexity index is 1110. The van der Waals surface area contributed by atoms with Crippen LogP contribution in [0.15, 0.2) is 47.3 Å². The van der Waals surface area contributed by atoms with E-state index in [4.69, 9.17) is 33.7 Å². The van der Waals surface area contributed by atoms with Gasteiger partial charge in [0.2, 0.25) is 0 Å². The Labute approximate surface area is 178 Å². The maximum atomic E-state index is 14.8. The minimum absolute atomic E-state index is 0.287. The molecule has 0 spiro atoms. The molecule has 3 rings (SSSR count). The lowest BCUT2D eigenvalue weighted by molar-refractivity contribution is 0.415. The Balaban J connectivity index is 2.27. The highest BCUT2D eigenvalue weighted by atomic mass is 35.5. The van der Waals surface area contributed by atoms with Crippen LogP contribution in [0.5, 0.6) is 5.75 Å². The molecular formula is C21H21Cl2FN4O. The van der Waals surface area contributed by atoms with Gasteiger partial charge in [-0.1, -0.05) is 30.1 Å². The Morgan fingerprint density at radius 2 is 2.10 bits per heavy atom. The number of imidazole rings is 1. The van der Waals surface area contributed by atoms with Crippen molar-refractivity contribution >= 4 is 46.1 Å². The van der Waals surface area contributed by atoms with Crippen LogP contribution in [-0.4, -0.2) is 23.0 Å². The molecule has 0 aliphatic rings. The number of nitrogens with zero attached hydrogens (tertiary/aromatic N) is 3. The van der Waals surface area contributed by atoms with Gasteiger partial charge in [-0.25, -0.2) is 14.4 Å². The number of rotatable bonds is 6. The van der Waals surface area contributed by atoms with Gasteiger partial charge in [-0.2, -0.15) is 0 Å². The lowest BCUT2D eigenvalue weighted by atomic mass is 9.94. The number of hydrogen-bond acceptors (Lipinski definition) is 3. The van der Waals surface area contributed by atoms with Crippen LogP contribution >= 0.6 is 23.2 Å². The van der Waals surface area contributed by atoms with E-state index in [0.717, 1.165) is 11.1 Å². The summed E-state index contributed by atoms with van der Waals surface area (Å²) >= 11 is 12.6. The number of hydrogen-bond donors (Lipinski definition) is 1. The second-order valence-electron chi connectivity index (χ2n) is 6.45. The van der Waals surface area contributed by atoms with Crippen LogP contribution in [0.25, 0.3) is 16.6 Å². The molecule has 5 nitrogen and oxygen atoms in total.